The molecule has 0 radical (unpaired) electrons. The predicted molar refractivity (Wildman–Crippen MR) is 98.8 cm³/mol. The van der Waals surface area contributed by atoms with Gasteiger partial charge in [0, 0.05) is 50.5 Å². The number of hydrogen-bond donors (Lipinski definition) is 1. The van der Waals surface area contributed by atoms with Gasteiger partial charge in [-0.25, -0.2) is 4.98 Å². The van der Waals surface area contributed by atoms with E-state index in [0.29, 0.717) is 0 Å². The van der Waals surface area contributed by atoms with Crippen LogP contribution in [0.3, 0.4) is 0 Å². The molecule has 2 aliphatic rings. The molecule has 130 valence electrons. The summed E-state index contributed by atoms with van der Waals surface area (Å²) in [4.78, 5) is 21.4. The van der Waals surface area contributed by atoms with E-state index in [9.17, 15) is 4.79 Å². The van der Waals surface area contributed by atoms with Gasteiger partial charge in [-0.1, -0.05) is 30.3 Å². The number of pyridine rings is 1. The fourth-order valence-electron chi connectivity index (χ4n) is 3.69. The summed E-state index contributed by atoms with van der Waals surface area (Å²) in [6, 6.07) is 14.6. The molecule has 1 N–H and O–H groups in total. The normalized spacial score (nSPS) is 20.7. The summed E-state index contributed by atoms with van der Waals surface area (Å²) in [5.74, 6) is 1.03. The molecule has 0 bridgehead atoms. The van der Waals surface area contributed by atoms with Gasteiger partial charge in [0.2, 0.25) is 0 Å². The Hall–Kier alpha value is -2.40. The third-order valence-corrected chi connectivity index (χ3v) is 5.09. The van der Waals surface area contributed by atoms with Crippen molar-refractivity contribution >= 4 is 11.7 Å². The smallest absolute Gasteiger partial charge is 0.254 e. The number of anilines is 1. The number of hydrogen-bond acceptors (Lipinski definition) is 4. The van der Waals surface area contributed by atoms with Crippen LogP contribution in [0.25, 0.3) is 0 Å². The van der Waals surface area contributed by atoms with Gasteiger partial charge in [0.1, 0.15) is 5.82 Å². The molecule has 1 aromatic heterocycles. The van der Waals surface area contributed by atoms with Gasteiger partial charge in [0.05, 0.1) is 0 Å². The predicted octanol–water partition coefficient (Wildman–Crippen LogP) is 2.47. The quantitative estimate of drug-likeness (QED) is 0.935. The summed E-state index contributed by atoms with van der Waals surface area (Å²) >= 11 is 0. The van der Waals surface area contributed by atoms with Crippen LogP contribution in [-0.2, 0) is 0 Å². The molecule has 0 unspecified atom stereocenters. The second-order valence-corrected chi connectivity index (χ2v) is 6.77. The Balaban J connectivity index is 1.51. The van der Waals surface area contributed by atoms with Crippen LogP contribution in [0.2, 0.25) is 0 Å². The van der Waals surface area contributed by atoms with E-state index in [1.807, 2.05) is 23.1 Å². The lowest BCUT2D eigenvalue weighted by atomic mass is 10.0. The number of nitrogens with zero attached hydrogens (tertiary/aromatic N) is 3. The summed E-state index contributed by atoms with van der Waals surface area (Å²) in [5, 5.41) is 3.57. The average molecular weight is 336 g/mol. The van der Waals surface area contributed by atoms with Crippen molar-refractivity contribution in [2.24, 2.45) is 0 Å². The monoisotopic (exact) mass is 336 g/mol. The van der Waals surface area contributed by atoms with Crippen molar-refractivity contribution in [3.8, 4) is 0 Å². The van der Waals surface area contributed by atoms with E-state index in [-0.39, 0.29) is 11.9 Å². The number of aromatic nitrogens is 1. The highest BCUT2D eigenvalue weighted by molar-refractivity contribution is 5.95. The Morgan fingerprint density at radius 3 is 2.68 bits per heavy atom. The van der Waals surface area contributed by atoms with Gasteiger partial charge in [-0.05, 0) is 30.5 Å². The molecule has 0 aliphatic carbocycles. The summed E-state index contributed by atoms with van der Waals surface area (Å²) in [5.41, 5.74) is 2.04. The number of likely N-dealkylation sites (tertiary alicyclic amines) is 1. The van der Waals surface area contributed by atoms with Crippen molar-refractivity contribution < 1.29 is 4.79 Å². The molecule has 3 heterocycles. The number of amides is 1. The van der Waals surface area contributed by atoms with Gasteiger partial charge >= 0.3 is 0 Å². The van der Waals surface area contributed by atoms with E-state index in [0.717, 1.165) is 56.9 Å². The van der Waals surface area contributed by atoms with Crippen LogP contribution in [-0.4, -0.2) is 48.5 Å². The Bertz CT molecular complexity index is 727. The molecule has 0 saturated carbocycles. The molecule has 5 nitrogen and oxygen atoms in total. The van der Waals surface area contributed by atoms with Crippen molar-refractivity contribution in [1.29, 1.82) is 0 Å². The van der Waals surface area contributed by atoms with Gasteiger partial charge in [0.15, 0.2) is 0 Å². The molecule has 2 aromatic rings. The number of benzene rings is 1. The Labute approximate surface area is 148 Å². The molecule has 25 heavy (non-hydrogen) atoms. The third-order valence-electron chi connectivity index (χ3n) is 5.09. The van der Waals surface area contributed by atoms with Crippen LogP contribution in [0.4, 0.5) is 5.82 Å². The van der Waals surface area contributed by atoms with E-state index < -0.39 is 0 Å². The highest BCUT2D eigenvalue weighted by Gasteiger charge is 2.24. The fraction of sp³-hybridized carbons (Fsp3) is 0.400. The van der Waals surface area contributed by atoms with Crippen LogP contribution in [0.5, 0.6) is 0 Å². The minimum Gasteiger partial charge on any atom is -0.353 e. The Kier molecular flexibility index (Phi) is 4.65. The average Bonchev–Trinajstić information content (AvgIpc) is 3.23. The minimum atomic E-state index is 0.135. The first-order chi connectivity index (χ1) is 12.3. The summed E-state index contributed by atoms with van der Waals surface area (Å²) in [7, 11) is 0. The first kappa shape index (κ1) is 16.1. The zero-order valence-electron chi connectivity index (χ0n) is 14.4. The standard InChI is InChI=1S/C20H24N4O/c25-20(23-11-4-5-12-23)17-8-9-22-19(14-17)24-13-10-21-18(15-24)16-6-2-1-3-7-16/h1-3,6-9,14,18,21H,4-5,10-13,15H2/t18-/m1/s1. The molecule has 1 atom stereocenters. The topological polar surface area (TPSA) is 48.5 Å². The Morgan fingerprint density at radius 1 is 1.08 bits per heavy atom. The van der Waals surface area contributed by atoms with Crippen molar-refractivity contribution in [2.75, 3.05) is 37.6 Å². The molecule has 2 saturated heterocycles. The van der Waals surface area contributed by atoms with Crippen LogP contribution in [0.15, 0.2) is 48.7 Å². The van der Waals surface area contributed by atoms with Crippen LogP contribution in [0, 0.1) is 0 Å². The summed E-state index contributed by atoms with van der Waals surface area (Å²) < 4.78 is 0. The largest absolute Gasteiger partial charge is 0.353 e. The van der Waals surface area contributed by atoms with E-state index >= 15 is 0 Å². The second-order valence-electron chi connectivity index (χ2n) is 6.77. The number of rotatable bonds is 3. The molecule has 1 aromatic carbocycles. The van der Waals surface area contributed by atoms with Gasteiger partial charge in [-0.15, -0.1) is 0 Å². The maximum absolute atomic E-state index is 12.6. The zero-order chi connectivity index (χ0) is 17.1. The van der Waals surface area contributed by atoms with Crippen LogP contribution < -0.4 is 10.2 Å². The fourth-order valence-corrected chi connectivity index (χ4v) is 3.69. The van der Waals surface area contributed by atoms with Gasteiger partial charge in [0.25, 0.3) is 5.91 Å². The molecule has 0 spiro atoms. The van der Waals surface area contributed by atoms with Gasteiger partial charge < -0.3 is 15.1 Å². The second kappa shape index (κ2) is 7.23. The molecule has 2 fully saturated rings. The molecular weight excluding hydrogens is 312 g/mol. The molecular formula is C20H24N4O. The van der Waals surface area contributed by atoms with Crippen molar-refractivity contribution in [3.63, 3.8) is 0 Å². The number of carbonyl (C=O) groups is 1. The highest BCUT2D eigenvalue weighted by atomic mass is 16.2. The Morgan fingerprint density at radius 2 is 1.88 bits per heavy atom. The SMILES string of the molecule is O=C(c1ccnc(N2CCN[C@@H](c3ccccc3)C2)c1)N1CCCC1. The zero-order valence-corrected chi connectivity index (χ0v) is 14.4. The number of nitrogens with one attached hydrogen (secondary N) is 1. The van der Waals surface area contributed by atoms with Crippen LogP contribution >= 0.6 is 0 Å². The maximum Gasteiger partial charge on any atom is 0.254 e. The maximum atomic E-state index is 12.6. The van der Waals surface area contributed by atoms with Crippen molar-refractivity contribution in [2.45, 2.75) is 18.9 Å². The van der Waals surface area contributed by atoms with E-state index in [1.54, 1.807) is 6.20 Å². The van der Waals surface area contributed by atoms with E-state index in [4.69, 9.17) is 0 Å². The lowest BCUT2D eigenvalue weighted by Gasteiger charge is -2.35. The number of piperazine rings is 1. The van der Waals surface area contributed by atoms with Gasteiger partial charge in [-0.3, -0.25) is 4.79 Å². The molecule has 2 aliphatic heterocycles. The molecule has 5 heteroatoms. The summed E-state index contributed by atoms with van der Waals surface area (Å²) in [6.45, 7) is 4.42. The third kappa shape index (κ3) is 3.51. The molecule has 1 amide bonds. The highest BCUT2D eigenvalue weighted by Crippen LogP contribution is 2.22. The molecule has 4 rings (SSSR count). The first-order valence-corrected chi connectivity index (χ1v) is 9.10. The number of carbonyl (C=O) groups excluding carboxylic acids is 1. The van der Waals surface area contributed by atoms with Crippen LogP contribution in [0.1, 0.15) is 34.8 Å². The van der Waals surface area contributed by atoms with E-state index in [1.165, 1.54) is 5.56 Å². The minimum absolute atomic E-state index is 0.135. The van der Waals surface area contributed by atoms with E-state index in [2.05, 4.69) is 39.5 Å². The lowest BCUT2D eigenvalue weighted by Crippen LogP contribution is -2.46. The van der Waals surface area contributed by atoms with Crippen molar-refractivity contribution in [1.82, 2.24) is 15.2 Å². The summed E-state index contributed by atoms with van der Waals surface area (Å²) in [6.07, 6.45) is 3.98. The van der Waals surface area contributed by atoms with Crippen molar-refractivity contribution in [3.05, 3.63) is 59.8 Å². The first-order valence-electron chi connectivity index (χ1n) is 9.10. The lowest BCUT2D eigenvalue weighted by molar-refractivity contribution is 0.0792. The van der Waals surface area contributed by atoms with Gasteiger partial charge in [-0.2, -0.15) is 0 Å².